The van der Waals surface area contributed by atoms with Crippen LogP contribution in [0.15, 0.2) is 40.6 Å². The van der Waals surface area contributed by atoms with Gasteiger partial charge in [-0.3, -0.25) is 4.79 Å². The van der Waals surface area contributed by atoms with Gasteiger partial charge in [0.05, 0.1) is 10.4 Å². The van der Waals surface area contributed by atoms with Gasteiger partial charge in [0, 0.05) is 12.7 Å². The van der Waals surface area contributed by atoms with Crippen molar-refractivity contribution in [2.75, 3.05) is 6.26 Å². The van der Waals surface area contributed by atoms with Crippen LogP contribution in [0.1, 0.15) is 40.1 Å². The third kappa shape index (κ3) is 5.67. The molecule has 2 rings (SSSR count). The number of rotatable bonds is 7. The van der Waals surface area contributed by atoms with E-state index in [9.17, 15) is 26.4 Å². The molecule has 0 unspecified atom stereocenters. The lowest BCUT2D eigenvalue weighted by Gasteiger charge is -2.07. The summed E-state index contributed by atoms with van der Waals surface area (Å²) < 4.78 is 60.4. The van der Waals surface area contributed by atoms with Gasteiger partial charge in [-0.15, -0.1) is 11.3 Å². The Hall–Kier alpha value is -1.67. The first kappa shape index (κ1) is 19.7. The Morgan fingerprint density at radius 1 is 1.04 bits per heavy atom. The number of Topliss-reactive ketones (excluding diaryl/α,β-unsaturated/α-hetero) is 1. The van der Waals surface area contributed by atoms with Crippen molar-refractivity contribution in [3.05, 3.63) is 52.4 Å². The summed E-state index contributed by atoms with van der Waals surface area (Å²) in [7, 11) is -3.30. The van der Waals surface area contributed by atoms with Crippen molar-refractivity contribution in [3.8, 4) is 0 Å². The zero-order valence-electron chi connectivity index (χ0n) is 13.5. The molecule has 0 atom stereocenters. The Bertz CT molecular complexity index is 835. The smallest absolute Gasteiger partial charge is 0.293 e. The molecule has 0 fully saturated rings. The van der Waals surface area contributed by atoms with Crippen LogP contribution in [0.3, 0.4) is 0 Å². The van der Waals surface area contributed by atoms with E-state index in [0.29, 0.717) is 24.1 Å². The number of hydrogen-bond acceptors (Lipinski definition) is 4. The van der Waals surface area contributed by atoms with Gasteiger partial charge >= 0.3 is 6.18 Å². The largest absolute Gasteiger partial charge is 0.416 e. The van der Waals surface area contributed by atoms with Gasteiger partial charge in [0.1, 0.15) is 4.21 Å². The number of carbonyl (C=O) groups excluding carboxylic acids is 1. The van der Waals surface area contributed by atoms with Crippen molar-refractivity contribution >= 4 is 27.0 Å². The SMILES string of the molecule is CS(=O)(=O)c1ccc(C(=O)CCCCc2ccc(C(F)(F)F)cc2)s1. The standard InChI is InChI=1S/C17H17F3O3S2/c1-25(22,23)16-11-10-15(24-16)14(21)5-3-2-4-12-6-8-13(9-7-12)17(18,19)20/h6-11H,2-5H2,1H3. The number of alkyl halides is 3. The highest BCUT2D eigenvalue weighted by molar-refractivity contribution is 7.92. The summed E-state index contributed by atoms with van der Waals surface area (Å²) >= 11 is 0.962. The molecular weight excluding hydrogens is 373 g/mol. The number of carbonyl (C=O) groups is 1. The Labute approximate surface area is 148 Å². The molecule has 0 radical (unpaired) electrons. The highest BCUT2D eigenvalue weighted by Gasteiger charge is 2.29. The third-order valence-corrected chi connectivity index (χ3v) is 6.57. The van der Waals surface area contributed by atoms with E-state index < -0.39 is 21.6 Å². The van der Waals surface area contributed by atoms with E-state index in [1.807, 2.05) is 0 Å². The maximum Gasteiger partial charge on any atom is 0.416 e. The van der Waals surface area contributed by atoms with Gasteiger partial charge in [-0.2, -0.15) is 13.2 Å². The van der Waals surface area contributed by atoms with Gasteiger partial charge in [0.2, 0.25) is 0 Å². The Kier molecular flexibility index (Phi) is 6.05. The van der Waals surface area contributed by atoms with E-state index in [2.05, 4.69) is 0 Å². The zero-order chi connectivity index (χ0) is 18.7. The normalized spacial score (nSPS) is 12.3. The molecule has 0 saturated heterocycles. The second-order valence-electron chi connectivity index (χ2n) is 5.72. The maximum atomic E-state index is 12.5. The molecule has 0 aliphatic carbocycles. The van der Waals surface area contributed by atoms with Crippen LogP contribution in [0.4, 0.5) is 13.2 Å². The summed E-state index contributed by atoms with van der Waals surface area (Å²) in [6, 6.07) is 7.94. The van der Waals surface area contributed by atoms with Crippen LogP contribution in [0, 0.1) is 0 Å². The number of hydrogen-bond donors (Lipinski definition) is 0. The predicted molar refractivity (Wildman–Crippen MR) is 90.8 cm³/mol. The van der Waals surface area contributed by atoms with E-state index in [1.165, 1.54) is 24.3 Å². The highest BCUT2D eigenvalue weighted by atomic mass is 32.2. The first-order chi connectivity index (χ1) is 11.6. The molecule has 2 aromatic rings. The Morgan fingerprint density at radius 3 is 2.20 bits per heavy atom. The lowest BCUT2D eigenvalue weighted by Crippen LogP contribution is -2.04. The van der Waals surface area contributed by atoms with Gasteiger partial charge in [-0.1, -0.05) is 12.1 Å². The Balaban J connectivity index is 1.81. The van der Waals surface area contributed by atoms with E-state index in [-0.39, 0.29) is 16.4 Å². The minimum Gasteiger partial charge on any atom is -0.293 e. The van der Waals surface area contributed by atoms with E-state index in [0.717, 1.165) is 35.3 Å². The number of aryl methyl sites for hydroxylation is 1. The summed E-state index contributed by atoms with van der Waals surface area (Å²) in [6.07, 6.45) is -1.12. The number of sulfone groups is 1. The summed E-state index contributed by atoms with van der Waals surface area (Å²) in [5.41, 5.74) is 0.113. The fraction of sp³-hybridized carbons (Fsp3) is 0.353. The van der Waals surface area contributed by atoms with E-state index in [1.54, 1.807) is 0 Å². The van der Waals surface area contributed by atoms with Gasteiger partial charge in [-0.25, -0.2) is 8.42 Å². The fourth-order valence-electron chi connectivity index (χ4n) is 2.27. The number of ketones is 1. The monoisotopic (exact) mass is 390 g/mol. The molecule has 1 aromatic carbocycles. The summed E-state index contributed by atoms with van der Waals surface area (Å²) in [4.78, 5) is 12.5. The lowest BCUT2D eigenvalue weighted by atomic mass is 10.0. The molecule has 1 aromatic heterocycles. The number of thiophene rings is 1. The number of benzene rings is 1. The van der Waals surface area contributed by atoms with Crippen LogP contribution in [0.25, 0.3) is 0 Å². The second-order valence-corrected chi connectivity index (χ2v) is 9.04. The fourth-order valence-corrected chi connectivity index (χ4v) is 4.16. The van der Waals surface area contributed by atoms with E-state index >= 15 is 0 Å². The van der Waals surface area contributed by atoms with Crippen LogP contribution >= 0.6 is 11.3 Å². The van der Waals surface area contributed by atoms with Crippen LogP contribution in [0.5, 0.6) is 0 Å². The van der Waals surface area contributed by atoms with Crippen molar-refractivity contribution in [1.29, 1.82) is 0 Å². The average molecular weight is 390 g/mol. The second kappa shape index (κ2) is 7.70. The third-order valence-electron chi connectivity index (χ3n) is 3.62. The van der Waals surface area contributed by atoms with Crippen LogP contribution in [-0.4, -0.2) is 20.5 Å². The molecule has 1 heterocycles. The summed E-state index contributed by atoms with van der Waals surface area (Å²) in [5, 5.41) is 0. The van der Waals surface area contributed by atoms with Gasteiger partial charge in [0.15, 0.2) is 15.6 Å². The minimum absolute atomic E-state index is 0.118. The van der Waals surface area contributed by atoms with Gasteiger partial charge < -0.3 is 0 Å². The first-order valence-electron chi connectivity index (χ1n) is 7.56. The topological polar surface area (TPSA) is 51.2 Å². The van der Waals surface area contributed by atoms with Crippen molar-refractivity contribution in [1.82, 2.24) is 0 Å². The van der Waals surface area contributed by atoms with Crippen LogP contribution < -0.4 is 0 Å². The first-order valence-corrected chi connectivity index (χ1v) is 10.3. The van der Waals surface area contributed by atoms with Gasteiger partial charge in [-0.05, 0) is 49.1 Å². The molecule has 0 saturated carbocycles. The molecule has 25 heavy (non-hydrogen) atoms. The maximum absolute atomic E-state index is 12.5. The molecule has 0 amide bonds. The van der Waals surface area contributed by atoms with E-state index in [4.69, 9.17) is 0 Å². The molecule has 3 nitrogen and oxygen atoms in total. The van der Waals surface area contributed by atoms with Crippen molar-refractivity contribution < 1.29 is 26.4 Å². The zero-order valence-corrected chi connectivity index (χ0v) is 15.1. The number of unbranched alkanes of at least 4 members (excludes halogenated alkanes) is 1. The Morgan fingerprint density at radius 2 is 1.68 bits per heavy atom. The predicted octanol–water partition coefficient (Wildman–Crippen LogP) is 4.77. The lowest BCUT2D eigenvalue weighted by molar-refractivity contribution is -0.137. The van der Waals surface area contributed by atoms with Crippen molar-refractivity contribution in [2.45, 2.75) is 36.1 Å². The van der Waals surface area contributed by atoms with Crippen LogP contribution in [0.2, 0.25) is 0 Å². The van der Waals surface area contributed by atoms with Crippen molar-refractivity contribution in [3.63, 3.8) is 0 Å². The van der Waals surface area contributed by atoms with Crippen molar-refractivity contribution in [2.24, 2.45) is 0 Å². The molecule has 0 bridgehead atoms. The van der Waals surface area contributed by atoms with Gasteiger partial charge in [0.25, 0.3) is 0 Å². The molecule has 0 N–H and O–H groups in total. The average Bonchev–Trinajstić information content (AvgIpc) is 3.01. The summed E-state index contributed by atoms with van der Waals surface area (Å²) in [5.74, 6) is -0.118. The quantitative estimate of drug-likeness (QED) is 0.506. The van der Waals surface area contributed by atoms with Crippen LogP contribution in [-0.2, 0) is 22.4 Å². The molecule has 8 heteroatoms. The molecule has 0 aliphatic rings. The molecular formula is C17H17F3O3S2. The molecule has 0 aliphatic heterocycles. The summed E-state index contributed by atoms with van der Waals surface area (Å²) in [6.45, 7) is 0. The minimum atomic E-state index is -4.34. The molecule has 0 spiro atoms. The highest BCUT2D eigenvalue weighted by Crippen LogP contribution is 2.29. The number of halogens is 3. The molecule has 136 valence electrons.